The Morgan fingerprint density at radius 3 is 2.52 bits per heavy atom. The van der Waals surface area contributed by atoms with Gasteiger partial charge in [0.15, 0.2) is 0 Å². The van der Waals surface area contributed by atoms with Crippen LogP contribution in [0.15, 0.2) is 49.1 Å². The van der Waals surface area contributed by atoms with Crippen LogP contribution in [-0.2, 0) is 6.42 Å². The highest BCUT2D eigenvalue weighted by molar-refractivity contribution is 5.94. The zero-order valence-electron chi connectivity index (χ0n) is 17.4. The number of fused-ring (bicyclic) bond motifs is 1. The van der Waals surface area contributed by atoms with Gasteiger partial charge in [0.05, 0.1) is 5.56 Å². The molecule has 1 amide bonds. The molecule has 2 aromatic rings. The molecule has 2 aliphatic heterocycles. The van der Waals surface area contributed by atoms with Crippen molar-refractivity contribution in [2.75, 3.05) is 7.05 Å². The quantitative estimate of drug-likeness (QED) is 0.804. The molecule has 5 nitrogen and oxygen atoms in total. The van der Waals surface area contributed by atoms with Gasteiger partial charge in [0.25, 0.3) is 5.91 Å². The standard InChI is InChI=1S/C24H30N4O/c1-24-13-20-19(12-17-8-4-3-5-9-17)27(2)21(24)10-6-7-11-22(24)28(20)23(29)18-14-25-16-26-15-18/h3-5,8-9,14-16,19-22H,6-7,10-13H2,1-2H3/t19-,20-,21+,22-,24+/m0/s1. The second kappa shape index (κ2) is 7.21. The van der Waals surface area contributed by atoms with Crippen LogP contribution in [0.5, 0.6) is 0 Å². The summed E-state index contributed by atoms with van der Waals surface area (Å²) in [5, 5.41) is 0. The van der Waals surface area contributed by atoms with Crippen LogP contribution in [0.25, 0.3) is 0 Å². The minimum atomic E-state index is 0.110. The normalized spacial score (nSPS) is 34.1. The number of likely N-dealkylation sites (tertiary alicyclic amines) is 2. The lowest BCUT2D eigenvalue weighted by molar-refractivity contribution is 0.0156. The number of nitrogens with zero attached hydrogens (tertiary/aromatic N) is 4. The lowest BCUT2D eigenvalue weighted by Crippen LogP contribution is -2.58. The minimum absolute atomic E-state index is 0.110. The Kier molecular flexibility index (Phi) is 4.66. The topological polar surface area (TPSA) is 49.3 Å². The maximum Gasteiger partial charge on any atom is 0.257 e. The monoisotopic (exact) mass is 390 g/mol. The Bertz CT molecular complexity index is 873. The Morgan fingerprint density at radius 2 is 1.79 bits per heavy atom. The number of piperidine rings is 1. The summed E-state index contributed by atoms with van der Waals surface area (Å²) in [7, 11) is 2.30. The highest BCUT2D eigenvalue weighted by atomic mass is 16.2. The van der Waals surface area contributed by atoms with Crippen molar-refractivity contribution < 1.29 is 4.79 Å². The highest BCUT2D eigenvalue weighted by Crippen LogP contribution is 2.55. The van der Waals surface area contributed by atoms with Crippen molar-refractivity contribution in [3.05, 3.63) is 60.2 Å². The summed E-state index contributed by atoms with van der Waals surface area (Å²) in [6.45, 7) is 2.44. The molecular formula is C24H30N4O. The van der Waals surface area contributed by atoms with Crippen LogP contribution in [0.4, 0.5) is 0 Å². The summed E-state index contributed by atoms with van der Waals surface area (Å²) >= 11 is 0. The molecule has 152 valence electrons. The van der Waals surface area contributed by atoms with E-state index in [1.807, 2.05) is 0 Å². The number of aromatic nitrogens is 2. The Morgan fingerprint density at radius 1 is 1.10 bits per heavy atom. The van der Waals surface area contributed by atoms with Crippen LogP contribution in [0.1, 0.15) is 54.9 Å². The Hall–Kier alpha value is -2.27. The second-order valence-electron chi connectivity index (χ2n) is 9.36. The van der Waals surface area contributed by atoms with Crippen LogP contribution in [0, 0.1) is 5.41 Å². The average molecular weight is 391 g/mol. The summed E-state index contributed by atoms with van der Waals surface area (Å²) in [6, 6.07) is 12.1. The zero-order valence-corrected chi connectivity index (χ0v) is 17.4. The highest BCUT2D eigenvalue weighted by Gasteiger charge is 2.62. The summed E-state index contributed by atoms with van der Waals surface area (Å²) in [4.78, 5) is 26.8. The number of carbonyl (C=O) groups is 1. The van der Waals surface area contributed by atoms with Crippen molar-refractivity contribution in [3.8, 4) is 0 Å². The molecular weight excluding hydrogens is 360 g/mol. The van der Waals surface area contributed by atoms with Gasteiger partial charge < -0.3 is 4.90 Å². The summed E-state index contributed by atoms with van der Waals surface area (Å²) < 4.78 is 0. The minimum Gasteiger partial charge on any atom is -0.330 e. The van der Waals surface area contributed by atoms with E-state index in [9.17, 15) is 4.79 Å². The van der Waals surface area contributed by atoms with E-state index < -0.39 is 0 Å². The van der Waals surface area contributed by atoms with Gasteiger partial charge in [-0.3, -0.25) is 9.69 Å². The first-order valence-electron chi connectivity index (χ1n) is 10.9. The molecule has 0 spiro atoms. The summed E-state index contributed by atoms with van der Waals surface area (Å²) in [5.41, 5.74) is 2.13. The van der Waals surface area contributed by atoms with Gasteiger partial charge in [-0.05, 0) is 38.3 Å². The maximum atomic E-state index is 13.7. The molecule has 1 aromatic carbocycles. The van der Waals surface area contributed by atoms with Crippen molar-refractivity contribution in [2.45, 2.75) is 69.6 Å². The van der Waals surface area contributed by atoms with Gasteiger partial charge in [-0.25, -0.2) is 9.97 Å². The van der Waals surface area contributed by atoms with Gasteiger partial charge in [0.1, 0.15) is 6.33 Å². The summed E-state index contributed by atoms with van der Waals surface area (Å²) in [5.74, 6) is 0.110. The van der Waals surface area contributed by atoms with E-state index in [0.29, 0.717) is 23.7 Å². The molecule has 2 saturated heterocycles. The first-order chi connectivity index (χ1) is 14.1. The van der Waals surface area contributed by atoms with Crippen LogP contribution >= 0.6 is 0 Å². The number of hydrogen-bond donors (Lipinski definition) is 0. The van der Waals surface area contributed by atoms with Crippen molar-refractivity contribution in [1.29, 1.82) is 0 Å². The number of likely N-dealkylation sites (N-methyl/N-ethyl adjacent to an activating group) is 1. The molecule has 3 heterocycles. The first-order valence-corrected chi connectivity index (χ1v) is 10.9. The van der Waals surface area contributed by atoms with E-state index in [2.05, 4.69) is 64.1 Å². The Labute approximate surface area is 173 Å². The molecule has 5 atom stereocenters. The van der Waals surface area contributed by atoms with Crippen LogP contribution in [-0.4, -0.2) is 56.9 Å². The molecule has 0 unspecified atom stereocenters. The molecule has 3 fully saturated rings. The van der Waals surface area contributed by atoms with Crippen LogP contribution in [0.2, 0.25) is 0 Å². The third-order valence-electron chi connectivity index (χ3n) is 7.86. The van der Waals surface area contributed by atoms with Gasteiger partial charge >= 0.3 is 0 Å². The lowest BCUT2D eigenvalue weighted by atomic mass is 9.69. The van der Waals surface area contributed by atoms with E-state index in [1.165, 1.54) is 31.2 Å². The van der Waals surface area contributed by atoms with Crippen molar-refractivity contribution in [2.24, 2.45) is 5.41 Å². The molecule has 5 rings (SSSR count). The van der Waals surface area contributed by atoms with Gasteiger partial charge in [-0.15, -0.1) is 0 Å². The molecule has 1 saturated carbocycles. The summed E-state index contributed by atoms with van der Waals surface area (Å²) in [6.07, 6.45) is 11.7. The molecule has 2 bridgehead atoms. The predicted octanol–water partition coefficient (Wildman–Crippen LogP) is 3.57. The van der Waals surface area contributed by atoms with Crippen LogP contribution in [0.3, 0.4) is 0 Å². The van der Waals surface area contributed by atoms with Gasteiger partial charge in [-0.1, -0.05) is 50.1 Å². The van der Waals surface area contributed by atoms with Crippen molar-refractivity contribution in [1.82, 2.24) is 19.8 Å². The second-order valence-corrected chi connectivity index (χ2v) is 9.36. The fourth-order valence-electron chi connectivity index (χ4n) is 6.55. The van der Waals surface area contributed by atoms with E-state index in [-0.39, 0.29) is 17.4 Å². The van der Waals surface area contributed by atoms with E-state index >= 15 is 0 Å². The number of amides is 1. The third-order valence-corrected chi connectivity index (χ3v) is 7.86. The zero-order chi connectivity index (χ0) is 20.0. The smallest absolute Gasteiger partial charge is 0.257 e. The number of benzene rings is 1. The van der Waals surface area contributed by atoms with E-state index in [1.54, 1.807) is 12.4 Å². The van der Waals surface area contributed by atoms with Gasteiger partial charge in [-0.2, -0.15) is 0 Å². The van der Waals surface area contributed by atoms with Crippen molar-refractivity contribution >= 4 is 5.91 Å². The number of carbonyl (C=O) groups excluding carboxylic acids is 1. The fourth-order valence-corrected chi connectivity index (χ4v) is 6.55. The Balaban J connectivity index is 1.56. The van der Waals surface area contributed by atoms with Gasteiger partial charge in [0, 0.05) is 42.0 Å². The largest absolute Gasteiger partial charge is 0.330 e. The fraction of sp³-hybridized carbons (Fsp3) is 0.542. The molecule has 1 aromatic heterocycles. The SMILES string of the molecule is CN1[C@@H](Cc2ccccc2)[C@@H]2C[C@@]3(C)[C@H](CCCC[C@@H]13)N2C(=O)c1cncnc1. The van der Waals surface area contributed by atoms with E-state index in [0.717, 1.165) is 19.3 Å². The van der Waals surface area contributed by atoms with E-state index in [4.69, 9.17) is 0 Å². The maximum absolute atomic E-state index is 13.7. The van der Waals surface area contributed by atoms with Gasteiger partial charge in [0.2, 0.25) is 0 Å². The van der Waals surface area contributed by atoms with Crippen molar-refractivity contribution in [3.63, 3.8) is 0 Å². The molecule has 0 N–H and O–H groups in total. The van der Waals surface area contributed by atoms with Crippen LogP contribution < -0.4 is 0 Å². The third kappa shape index (κ3) is 2.98. The number of hydrogen-bond acceptors (Lipinski definition) is 4. The molecule has 1 aliphatic carbocycles. The molecule has 3 aliphatic rings. The molecule has 29 heavy (non-hydrogen) atoms. The number of rotatable bonds is 3. The molecule has 0 radical (unpaired) electrons. The predicted molar refractivity (Wildman–Crippen MR) is 112 cm³/mol. The first kappa shape index (κ1) is 18.7. The lowest BCUT2D eigenvalue weighted by Gasteiger charge is -2.49. The molecule has 5 heteroatoms. The average Bonchev–Trinajstić information content (AvgIpc) is 2.89.